The Kier molecular flexibility index (Phi) is 12.3. The molecular formula is C18H9F24O4PS. The SMILES string of the molecule is FC(F)(F)C(OP(OC(C(F)(F)F)C(F)(F)F)(OC(C(F)(F)F)C(F)(F)F)(OC(C(F)(F)F)C(F)(F)F)Sc1ccccc1)C(F)(F)F. The van der Waals surface area contributed by atoms with Crippen LogP contribution in [0.25, 0.3) is 0 Å². The Morgan fingerprint density at radius 3 is 0.708 bits per heavy atom. The molecule has 0 amide bonds. The van der Waals surface area contributed by atoms with Gasteiger partial charge in [-0.1, -0.05) is 0 Å². The van der Waals surface area contributed by atoms with Crippen molar-refractivity contribution in [3.8, 4) is 0 Å². The number of hydrogen-bond acceptors (Lipinski definition) is 5. The minimum absolute atomic E-state index is 0.107. The Morgan fingerprint density at radius 2 is 0.542 bits per heavy atom. The first-order valence-corrected chi connectivity index (χ1v) is 14.1. The van der Waals surface area contributed by atoms with Crippen molar-refractivity contribution in [2.45, 2.75) is 78.7 Å². The Labute approximate surface area is 251 Å². The molecule has 0 bridgehead atoms. The first kappa shape index (κ1) is 44.2. The molecular weight excluding hydrogens is 799 g/mol. The second-order valence-corrected chi connectivity index (χ2v) is 13.7. The van der Waals surface area contributed by atoms with Crippen LogP contribution < -0.4 is 0 Å². The number of hydrogen-bond donors (Lipinski definition) is 0. The molecule has 0 aliphatic rings. The van der Waals surface area contributed by atoms with E-state index < -0.39 is 96.8 Å². The van der Waals surface area contributed by atoms with E-state index in [1.54, 1.807) is 0 Å². The summed E-state index contributed by atoms with van der Waals surface area (Å²) in [6.45, 7) is -10.6. The van der Waals surface area contributed by atoms with Crippen LogP contribution in [0.3, 0.4) is 0 Å². The Hall–Kier alpha value is -1.84. The third kappa shape index (κ3) is 11.6. The molecule has 0 atom stereocenters. The van der Waals surface area contributed by atoms with E-state index in [0.717, 1.165) is 0 Å². The van der Waals surface area contributed by atoms with Crippen LogP contribution in [0.1, 0.15) is 0 Å². The van der Waals surface area contributed by atoms with Crippen molar-refractivity contribution in [3.05, 3.63) is 30.3 Å². The molecule has 0 N–H and O–H groups in total. The van der Waals surface area contributed by atoms with E-state index in [0.29, 0.717) is 18.2 Å². The van der Waals surface area contributed by atoms with Gasteiger partial charge in [-0.2, -0.15) is 0 Å². The Bertz CT molecular complexity index is 991. The average molecular weight is 808 g/mol. The summed E-state index contributed by atoms with van der Waals surface area (Å²) in [5.41, 5.74) is 0. The van der Waals surface area contributed by atoms with Crippen molar-refractivity contribution < 1.29 is 123 Å². The van der Waals surface area contributed by atoms with E-state index in [9.17, 15) is 105 Å². The van der Waals surface area contributed by atoms with Gasteiger partial charge >= 0.3 is 251 Å². The van der Waals surface area contributed by atoms with Crippen LogP contribution in [0.2, 0.25) is 0 Å². The molecule has 0 fully saturated rings. The summed E-state index contributed by atoms with van der Waals surface area (Å²) in [6, 6.07) is 1.02. The quantitative estimate of drug-likeness (QED) is 0.174. The van der Waals surface area contributed by atoms with Crippen molar-refractivity contribution in [1.82, 2.24) is 0 Å². The van der Waals surface area contributed by atoms with Gasteiger partial charge in [0.2, 0.25) is 0 Å². The third-order valence-electron chi connectivity index (χ3n) is 4.49. The molecule has 0 saturated heterocycles. The van der Waals surface area contributed by atoms with Crippen LogP contribution in [0, 0.1) is 0 Å². The van der Waals surface area contributed by atoms with E-state index in [-0.39, 0.29) is 12.1 Å². The Balaban J connectivity index is 4.86. The van der Waals surface area contributed by atoms with Gasteiger partial charge in [-0.05, 0) is 0 Å². The number of benzene rings is 1. The zero-order valence-corrected chi connectivity index (χ0v) is 23.0. The molecule has 4 nitrogen and oxygen atoms in total. The van der Waals surface area contributed by atoms with Crippen molar-refractivity contribution in [2.24, 2.45) is 0 Å². The minimum atomic E-state index is -10.6. The van der Waals surface area contributed by atoms with Crippen LogP contribution in [0.4, 0.5) is 105 Å². The van der Waals surface area contributed by atoms with Crippen LogP contribution in [0.15, 0.2) is 35.2 Å². The van der Waals surface area contributed by atoms with Gasteiger partial charge in [-0.25, -0.2) is 0 Å². The predicted octanol–water partition coefficient (Wildman–Crippen LogP) is 10.9. The molecule has 1 rings (SSSR count). The molecule has 0 unspecified atom stereocenters. The summed E-state index contributed by atoms with van der Waals surface area (Å²) in [5.74, 6) is 0. The fourth-order valence-corrected chi connectivity index (χ4v) is 9.17. The van der Waals surface area contributed by atoms with Crippen LogP contribution >= 0.6 is 18.1 Å². The number of rotatable bonds is 10. The molecule has 0 saturated carbocycles. The van der Waals surface area contributed by atoms with Crippen LogP contribution in [-0.2, 0) is 18.1 Å². The summed E-state index contributed by atoms with van der Waals surface area (Å²) in [6.07, 6.45) is -86.7. The molecule has 0 aliphatic carbocycles. The zero-order chi connectivity index (χ0) is 38.4. The van der Waals surface area contributed by atoms with Gasteiger partial charge in [0.05, 0.1) is 0 Å². The number of alkyl halides is 24. The molecule has 0 radical (unpaired) electrons. The van der Waals surface area contributed by atoms with Gasteiger partial charge in [0.15, 0.2) is 0 Å². The molecule has 0 aliphatic heterocycles. The van der Waals surface area contributed by atoms with Crippen molar-refractivity contribution >= 4 is 18.1 Å². The van der Waals surface area contributed by atoms with E-state index in [1.165, 1.54) is 0 Å². The number of halogens is 24. The van der Waals surface area contributed by atoms with Crippen molar-refractivity contribution in [3.63, 3.8) is 0 Å². The second-order valence-electron chi connectivity index (χ2n) is 8.42. The second kappa shape index (κ2) is 13.4. The third-order valence-corrected chi connectivity index (χ3v) is 10.0. The van der Waals surface area contributed by atoms with E-state index in [2.05, 4.69) is 18.1 Å². The predicted molar refractivity (Wildman–Crippen MR) is 107 cm³/mol. The van der Waals surface area contributed by atoms with Crippen molar-refractivity contribution in [2.75, 3.05) is 0 Å². The van der Waals surface area contributed by atoms with E-state index in [1.807, 2.05) is 0 Å². The Morgan fingerprint density at radius 1 is 0.354 bits per heavy atom. The van der Waals surface area contributed by atoms with Crippen LogP contribution in [0.5, 0.6) is 0 Å². The zero-order valence-electron chi connectivity index (χ0n) is 21.3. The average Bonchev–Trinajstić information content (AvgIpc) is 2.79. The van der Waals surface area contributed by atoms with Gasteiger partial charge in [-0.3, -0.25) is 0 Å². The fraction of sp³-hybridized carbons (Fsp3) is 0.667. The fourth-order valence-electron chi connectivity index (χ4n) is 2.80. The maximum atomic E-state index is 13.5. The summed E-state index contributed by atoms with van der Waals surface area (Å²) < 4.78 is 336. The molecule has 0 spiro atoms. The van der Waals surface area contributed by atoms with Gasteiger partial charge < -0.3 is 0 Å². The van der Waals surface area contributed by atoms with E-state index in [4.69, 9.17) is 0 Å². The van der Waals surface area contributed by atoms with Gasteiger partial charge in [-0.15, -0.1) is 0 Å². The standard InChI is InChI=1S/C18H9F24O4PS/c19-11(20,21)7(12(22,23)24)43-47(48-6-4-2-1-3-5-6,44-8(13(25,26)27)14(28,29)30,45-9(15(31,32)33)16(34,35)36)46-10(17(37,38)39)18(40,41)42/h1-5,7-10H. The molecule has 1 aromatic carbocycles. The van der Waals surface area contributed by atoms with Crippen molar-refractivity contribution in [1.29, 1.82) is 0 Å². The van der Waals surface area contributed by atoms with E-state index >= 15 is 0 Å². The summed E-state index contributed by atoms with van der Waals surface area (Å²) in [4.78, 5) is -1.94. The molecule has 30 heteroatoms. The molecule has 48 heavy (non-hydrogen) atoms. The molecule has 1 aromatic rings. The summed E-state index contributed by atoms with van der Waals surface area (Å²) in [5, 5.41) is 0. The topological polar surface area (TPSA) is 36.9 Å². The van der Waals surface area contributed by atoms with Gasteiger partial charge in [0.25, 0.3) is 0 Å². The maximum absolute atomic E-state index is 13.5. The normalized spacial score (nSPS) is 16.3. The summed E-state index contributed by atoms with van der Waals surface area (Å²) in [7, 11) is 0. The first-order chi connectivity index (χ1) is 20.7. The van der Waals surface area contributed by atoms with Crippen LogP contribution in [-0.4, -0.2) is 73.8 Å². The summed E-state index contributed by atoms with van der Waals surface area (Å²) >= 11 is -2.43. The molecule has 284 valence electrons. The van der Waals surface area contributed by atoms with Gasteiger partial charge in [0, 0.05) is 0 Å². The monoisotopic (exact) mass is 808 g/mol. The first-order valence-electron chi connectivity index (χ1n) is 10.8. The van der Waals surface area contributed by atoms with Gasteiger partial charge in [0.1, 0.15) is 0 Å². The molecule has 0 heterocycles. The molecule has 0 aromatic heterocycles.